The fourth-order valence-corrected chi connectivity index (χ4v) is 2.49. The molecule has 0 aliphatic rings. The quantitative estimate of drug-likeness (QED) is 0.844. The molecule has 106 valence electrons. The van der Waals surface area contributed by atoms with Crippen molar-refractivity contribution in [2.75, 3.05) is 5.32 Å². The molecule has 0 atom stereocenters. The zero-order valence-electron chi connectivity index (χ0n) is 10.9. The van der Waals surface area contributed by atoms with E-state index in [1.54, 1.807) is 12.3 Å². The highest BCUT2D eigenvalue weighted by atomic mass is 32.1. The Bertz CT molecular complexity index is 620. The van der Waals surface area contributed by atoms with Gasteiger partial charge in [-0.2, -0.15) is 5.10 Å². The zero-order valence-corrected chi connectivity index (χ0v) is 11.7. The molecule has 0 aromatic carbocycles. The first-order chi connectivity index (χ1) is 9.58. The Morgan fingerprint density at radius 3 is 3.00 bits per heavy atom. The maximum Gasteiger partial charge on any atom is 0.325 e. The predicted molar refractivity (Wildman–Crippen MR) is 73.9 cm³/mol. The first-order valence-corrected chi connectivity index (χ1v) is 6.91. The van der Waals surface area contributed by atoms with Crippen LogP contribution >= 0.6 is 11.3 Å². The number of nitrogens with one attached hydrogen (secondary N) is 1. The highest BCUT2D eigenvalue weighted by molar-refractivity contribution is 7.13. The molecule has 8 heteroatoms. The summed E-state index contributed by atoms with van der Waals surface area (Å²) in [6, 6.07) is 1.55. The summed E-state index contributed by atoms with van der Waals surface area (Å²) in [7, 11) is 0. The molecule has 2 rings (SSSR count). The molecule has 20 heavy (non-hydrogen) atoms. The SMILES string of the molecule is CCCc1ncc(C(=O)Nc2ccn(CC(=O)O)n2)s1. The Kier molecular flexibility index (Phi) is 4.46. The third-order valence-corrected chi connectivity index (χ3v) is 3.48. The predicted octanol–water partition coefficient (Wildman–Crippen LogP) is 1.63. The van der Waals surface area contributed by atoms with E-state index in [1.807, 2.05) is 0 Å². The number of carbonyl (C=O) groups is 2. The van der Waals surface area contributed by atoms with Gasteiger partial charge in [0.25, 0.3) is 5.91 Å². The van der Waals surface area contributed by atoms with E-state index < -0.39 is 5.97 Å². The number of amides is 1. The number of hydrogen-bond donors (Lipinski definition) is 2. The van der Waals surface area contributed by atoms with Crippen LogP contribution in [-0.4, -0.2) is 31.7 Å². The van der Waals surface area contributed by atoms with Crippen LogP contribution in [0.15, 0.2) is 18.5 Å². The molecule has 0 saturated carbocycles. The van der Waals surface area contributed by atoms with Gasteiger partial charge in [-0.1, -0.05) is 6.92 Å². The van der Waals surface area contributed by atoms with Gasteiger partial charge in [-0.15, -0.1) is 11.3 Å². The van der Waals surface area contributed by atoms with Crippen molar-refractivity contribution in [2.24, 2.45) is 0 Å². The molecule has 0 aliphatic heterocycles. The van der Waals surface area contributed by atoms with E-state index in [0.29, 0.717) is 10.7 Å². The largest absolute Gasteiger partial charge is 0.480 e. The monoisotopic (exact) mass is 294 g/mol. The van der Waals surface area contributed by atoms with Crippen molar-refractivity contribution in [3.05, 3.63) is 28.3 Å². The van der Waals surface area contributed by atoms with Crippen molar-refractivity contribution < 1.29 is 14.7 Å². The lowest BCUT2D eigenvalue weighted by Gasteiger charge is -1.98. The topological polar surface area (TPSA) is 97.1 Å². The number of carboxylic acid groups (broad SMARTS) is 1. The van der Waals surface area contributed by atoms with Crippen LogP contribution in [0.1, 0.15) is 28.0 Å². The highest BCUT2D eigenvalue weighted by Crippen LogP contribution is 2.16. The van der Waals surface area contributed by atoms with Crippen molar-refractivity contribution in [1.82, 2.24) is 14.8 Å². The van der Waals surface area contributed by atoms with Gasteiger partial charge in [0.05, 0.1) is 11.2 Å². The molecule has 2 aromatic heterocycles. The minimum Gasteiger partial charge on any atom is -0.480 e. The standard InChI is InChI=1S/C12H14N4O3S/c1-2-3-10-13-6-8(20-10)12(19)14-9-4-5-16(15-9)7-11(17)18/h4-6H,2-3,7H2,1H3,(H,17,18)(H,14,15,19). The van der Waals surface area contributed by atoms with Gasteiger partial charge in [0.2, 0.25) is 0 Å². The molecular weight excluding hydrogens is 280 g/mol. The lowest BCUT2D eigenvalue weighted by atomic mass is 10.4. The maximum absolute atomic E-state index is 12.0. The summed E-state index contributed by atoms with van der Waals surface area (Å²) in [5.74, 6) is -0.954. The molecule has 0 fully saturated rings. The Labute approximate surface area is 119 Å². The Balaban J connectivity index is 1.99. The maximum atomic E-state index is 12.0. The van der Waals surface area contributed by atoms with Crippen LogP contribution in [0, 0.1) is 0 Å². The summed E-state index contributed by atoms with van der Waals surface area (Å²) in [6.07, 6.45) is 4.87. The number of carbonyl (C=O) groups excluding carboxylic acids is 1. The van der Waals surface area contributed by atoms with Crippen LogP contribution in [0.25, 0.3) is 0 Å². The molecule has 2 aromatic rings. The number of hydrogen-bond acceptors (Lipinski definition) is 5. The molecule has 0 aliphatic carbocycles. The molecule has 0 unspecified atom stereocenters. The van der Waals surface area contributed by atoms with Gasteiger partial charge in [0, 0.05) is 12.3 Å². The number of aliphatic carboxylic acids is 1. The van der Waals surface area contributed by atoms with E-state index in [1.165, 1.54) is 22.2 Å². The summed E-state index contributed by atoms with van der Waals surface area (Å²) in [6.45, 7) is 1.81. The summed E-state index contributed by atoms with van der Waals surface area (Å²) in [5.41, 5.74) is 0. The van der Waals surface area contributed by atoms with Crippen LogP contribution in [-0.2, 0) is 17.8 Å². The van der Waals surface area contributed by atoms with Crippen molar-refractivity contribution in [3.63, 3.8) is 0 Å². The van der Waals surface area contributed by atoms with E-state index in [0.717, 1.165) is 17.8 Å². The fourth-order valence-electron chi connectivity index (χ4n) is 1.58. The van der Waals surface area contributed by atoms with Crippen molar-refractivity contribution in [3.8, 4) is 0 Å². The molecule has 0 radical (unpaired) electrons. The molecule has 7 nitrogen and oxygen atoms in total. The second-order valence-electron chi connectivity index (χ2n) is 4.11. The van der Waals surface area contributed by atoms with Gasteiger partial charge in [0.15, 0.2) is 5.82 Å². The Morgan fingerprint density at radius 2 is 2.30 bits per heavy atom. The highest BCUT2D eigenvalue weighted by Gasteiger charge is 2.12. The summed E-state index contributed by atoms with van der Waals surface area (Å²) in [4.78, 5) is 27.2. The van der Waals surface area contributed by atoms with Gasteiger partial charge in [0.1, 0.15) is 11.4 Å². The van der Waals surface area contributed by atoms with Crippen molar-refractivity contribution in [2.45, 2.75) is 26.3 Å². The number of thiazole rings is 1. The van der Waals surface area contributed by atoms with Crippen LogP contribution in [0.3, 0.4) is 0 Å². The van der Waals surface area contributed by atoms with E-state index in [4.69, 9.17) is 5.11 Å². The smallest absolute Gasteiger partial charge is 0.325 e. The molecule has 0 saturated heterocycles. The van der Waals surface area contributed by atoms with Crippen LogP contribution in [0.2, 0.25) is 0 Å². The molecule has 0 bridgehead atoms. The number of rotatable bonds is 6. The van der Waals surface area contributed by atoms with E-state index in [-0.39, 0.29) is 12.5 Å². The number of carboxylic acids is 1. The van der Waals surface area contributed by atoms with Crippen molar-refractivity contribution >= 4 is 29.0 Å². The average molecular weight is 294 g/mol. The van der Waals surface area contributed by atoms with Gasteiger partial charge in [-0.3, -0.25) is 14.3 Å². The normalized spacial score (nSPS) is 10.4. The fraction of sp³-hybridized carbons (Fsp3) is 0.333. The second-order valence-corrected chi connectivity index (χ2v) is 5.23. The van der Waals surface area contributed by atoms with E-state index in [2.05, 4.69) is 22.3 Å². The van der Waals surface area contributed by atoms with Crippen LogP contribution in [0.5, 0.6) is 0 Å². The third kappa shape index (κ3) is 3.64. The van der Waals surface area contributed by atoms with Crippen LogP contribution < -0.4 is 5.32 Å². The van der Waals surface area contributed by atoms with E-state index in [9.17, 15) is 9.59 Å². The van der Waals surface area contributed by atoms with Crippen LogP contribution in [0.4, 0.5) is 5.82 Å². The number of nitrogens with zero attached hydrogens (tertiary/aromatic N) is 3. The van der Waals surface area contributed by atoms with Crippen molar-refractivity contribution in [1.29, 1.82) is 0 Å². The number of aryl methyl sites for hydroxylation is 1. The lowest BCUT2D eigenvalue weighted by molar-refractivity contribution is -0.137. The Hall–Kier alpha value is -2.22. The molecule has 0 spiro atoms. The van der Waals surface area contributed by atoms with Gasteiger partial charge in [-0.05, 0) is 12.8 Å². The third-order valence-electron chi connectivity index (χ3n) is 2.42. The van der Waals surface area contributed by atoms with Gasteiger partial charge < -0.3 is 10.4 Å². The minimum atomic E-state index is -0.988. The zero-order chi connectivity index (χ0) is 14.5. The lowest BCUT2D eigenvalue weighted by Crippen LogP contribution is -2.13. The molecule has 2 N–H and O–H groups in total. The van der Waals surface area contributed by atoms with Gasteiger partial charge in [-0.25, -0.2) is 4.98 Å². The first kappa shape index (κ1) is 14.2. The molecule has 1 amide bonds. The number of aromatic nitrogens is 3. The Morgan fingerprint density at radius 1 is 1.50 bits per heavy atom. The van der Waals surface area contributed by atoms with E-state index >= 15 is 0 Å². The molecular formula is C12H14N4O3S. The first-order valence-electron chi connectivity index (χ1n) is 6.09. The number of anilines is 1. The second kappa shape index (κ2) is 6.29. The summed E-state index contributed by atoms with van der Waals surface area (Å²) < 4.78 is 1.24. The minimum absolute atomic E-state index is 0.239. The summed E-state index contributed by atoms with van der Waals surface area (Å²) in [5, 5.41) is 16.1. The summed E-state index contributed by atoms with van der Waals surface area (Å²) >= 11 is 1.35. The van der Waals surface area contributed by atoms with Gasteiger partial charge >= 0.3 is 5.97 Å². The average Bonchev–Trinajstić information content (AvgIpc) is 2.99. The molecule has 2 heterocycles.